The zero-order valence-electron chi connectivity index (χ0n) is 11.8. The molecule has 0 fully saturated rings. The van der Waals surface area contributed by atoms with Gasteiger partial charge in [0.05, 0.1) is 11.6 Å². The summed E-state index contributed by atoms with van der Waals surface area (Å²) in [5, 5.41) is 11.5. The van der Waals surface area contributed by atoms with Crippen molar-refractivity contribution >= 4 is 17.7 Å². The molecule has 2 amide bonds. The summed E-state index contributed by atoms with van der Waals surface area (Å²) < 4.78 is 13.5. The minimum Gasteiger partial charge on any atom is -0.481 e. The van der Waals surface area contributed by atoms with E-state index in [1.165, 1.54) is 25.2 Å². The Morgan fingerprint density at radius 2 is 1.95 bits per heavy atom. The van der Waals surface area contributed by atoms with Crippen LogP contribution in [0.3, 0.4) is 0 Å². The van der Waals surface area contributed by atoms with Crippen LogP contribution >= 0.6 is 0 Å². The number of benzene rings is 1. The Balaban J connectivity index is 2.67. The molecule has 110 valence electrons. The number of aliphatic carboxylic acids is 1. The number of hydrogen-bond donors (Lipinski definition) is 2. The summed E-state index contributed by atoms with van der Waals surface area (Å²) in [5.74, 6) is -2.25. The number of hydrogen-bond acceptors (Lipinski definition) is 2. The fourth-order valence-corrected chi connectivity index (χ4v) is 1.76. The summed E-state index contributed by atoms with van der Waals surface area (Å²) in [6.07, 6.45) is 0. The number of rotatable bonds is 5. The van der Waals surface area contributed by atoms with E-state index in [1.807, 2.05) is 0 Å². The lowest BCUT2D eigenvalue weighted by molar-refractivity contribution is -0.142. The summed E-state index contributed by atoms with van der Waals surface area (Å²) in [4.78, 5) is 24.0. The number of carboxylic acids is 1. The smallest absolute Gasteiger partial charge is 0.321 e. The molecule has 0 heterocycles. The quantitative estimate of drug-likeness (QED) is 0.870. The zero-order chi connectivity index (χ0) is 15.3. The van der Waals surface area contributed by atoms with Crippen LogP contribution in [-0.4, -0.2) is 30.7 Å². The van der Waals surface area contributed by atoms with Crippen LogP contribution < -0.4 is 10.2 Å². The third-order valence-electron chi connectivity index (χ3n) is 3.11. The Hall–Kier alpha value is -2.11. The van der Waals surface area contributed by atoms with E-state index in [1.54, 1.807) is 19.9 Å². The normalized spacial score (nSPS) is 12.1. The van der Waals surface area contributed by atoms with E-state index in [-0.39, 0.29) is 18.2 Å². The molecule has 0 aliphatic carbocycles. The monoisotopic (exact) mass is 282 g/mol. The van der Waals surface area contributed by atoms with E-state index < -0.39 is 23.7 Å². The van der Waals surface area contributed by atoms with E-state index in [4.69, 9.17) is 5.11 Å². The maximum absolute atomic E-state index is 13.5. The van der Waals surface area contributed by atoms with Crippen molar-refractivity contribution in [3.8, 4) is 0 Å². The molecule has 0 aromatic heterocycles. The Morgan fingerprint density at radius 3 is 2.45 bits per heavy atom. The van der Waals surface area contributed by atoms with Gasteiger partial charge < -0.3 is 10.4 Å². The second-order valence-electron chi connectivity index (χ2n) is 4.89. The predicted octanol–water partition coefficient (Wildman–Crippen LogP) is 2.33. The van der Waals surface area contributed by atoms with Gasteiger partial charge in [0.2, 0.25) is 0 Å². The van der Waals surface area contributed by atoms with Crippen LogP contribution in [-0.2, 0) is 4.79 Å². The first-order valence-corrected chi connectivity index (χ1v) is 6.33. The minimum atomic E-state index is -0.964. The average Bonchev–Trinajstić information content (AvgIpc) is 2.37. The molecule has 2 N–H and O–H groups in total. The number of carboxylic acid groups (broad SMARTS) is 1. The molecule has 1 rings (SSSR count). The molecule has 0 aliphatic heterocycles. The lowest BCUT2D eigenvalue weighted by atomic mass is 9.96. The topological polar surface area (TPSA) is 69.6 Å². The maximum atomic E-state index is 13.5. The lowest BCUT2D eigenvalue weighted by Crippen LogP contribution is -2.42. The standard InChI is InChI=1S/C14H19FN2O3/c1-9(2)10(13(18)19)8-16-14(20)17(3)12-7-5-4-6-11(12)15/h4-7,9-10H,8H2,1-3H3,(H,16,20)(H,18,19). The van der Waals surface area contributed by atoms with Crippen LogP contribution in [0.25, 0.3) is 0 Å². The number of nitrogens with one attached hydrogen (secondary N) is 1. The average molecular weight is 282 g/mol. The van der Waals surface area contributed by atoms with Crippen molar-refractivity contribution in [2.45, 2.75) is 13.8 Å². The predicted molar refractivity (Wildman–Crippen MR) is 74.2 cm³/mol. The van der Waals surface area contributed by atoms with Crippen molar-refractivity contribution in [3.63, 3.8) is 0 Å². The van der Waals surface area contributed by atoms with Gasteiger partial charge in [-0.3, -0.25) is 9.69 Å². The molecule has 0 spiro atoms. The van der Waals surface area contributed by atoms with Crippen LogP contribution in [0.5, 0.6) is 0 Å². The molecule has 6 heteroatoms. The van der Waals surface area contributed by atoms with Crippen LogP contribution in [0.4, 0.5) is 14.9 Å². The molecule has 0 saturated carbocycles. The number of anilines is 1. The van der Waals surface area contributed by atoms with Gasteiger partial charge in [-0.1, -0.05) is 26.0 Å². The number of carbonyl (C=O) groups is 2. The molecule has 1 unspecified atom stereocenters. The highest BCUT2D eigenvalue weighted by atomic mass is 19.1. The fraction of sp³-hybridized carbons (Fsp3) is 0.429. The van der Waals surface area contributed by atoms with E-state index in [0.29, 0.717) is 0 Å². The maximum Gasteiger partial charge on any atom is 0.321 e. The van der Waals surface area contributed by atoms with Gasteiger partial charge in [0.25, 0.3) is 0 Å². The molecule has 5 nitrogen and oxygen atoms in total. The number of nitrogens with zero attached hydrogens (tertiary/aromatic N) is 1. The molecule has 0 saturated heterocycles. The van der Waals surface area contributed by atoms with Crippen molar-refractivity contribution in [2.75, 3.05) is 18.5 Å². The Labute approximate surface area is 117 Å². The molecule has 1 aromatic carbocycles. The largest absolute Gasteiger partial charge is 0.481 e. The van der Waals surface area contributed by atoms with Crippen molar-refractivity contribution in [1.82, 2.24) is 5.32 Å². The van der Waals surface area contributed by atoms with Crippen LogP contribution in [0, 0.1) is 17.7 Å². The summed E-state index contributed by atoms with van der Waals surface area (Å²) in [7, 11) is 1.43. The zero-order valence-corrected chi connectivity index (χ0v) is 11.8. The van der Waals surface area contributed by atoms with Gasteiger partial charge in [-0.15, -0.1) is 0 Å². The molecule has 20 heavy (non-hydrogen) atoms. The van der Waals surface area contributed by atoms with Gasteiger partial charge in [0.15, 0.2) is 0 Å². The number of urea groups is 1. The third-order valence-corrected chi connectivity index (χ3v) is 3.11. The van der Waals surface area contributed by atoms with E-state index in [0.717, 1.165) is 4.90 Å². The van der Waals surface area contributed by atoms with Crippen molar-refractivity contribution in [1.29, 1.82) is 0 Å². The molecule has 0 bridgehead atoms. The van der Waals surface area contributed by atoms with E-state index in [2.05, 4.69) is 5.32 Å². The molecular weight excluding hydrogens is 263 g/mol. The Kier molecular flexibility index (Phi) is 5.49. The number of halogens is 1. The summed E-state index contributed by atoms with van der Waals surface area (Å²) in [5.41, 5.74) is 0.140. The summed E-state index contributed by atoms with van der Waals surface area (Å²) >= 11 is 0. The van der Waals surface area contributed by atoms with Gasteiger partial charge in [0.1, 0.15) is 5.82 Å². The minimum absolute atomic E-state index is 0.00459. The first kappa shape index (κ1) is 15.9. The number of para-hydroxylation sites is 1. The van der Waals surface area contributed by atoms with Crippen molar-refractivity contribution < 1.29 is 19.1 Å². The van der Waals surface area contributed by atoms with Gasteiger partial charge in [-0.05, 0) is 18.1 Å². The molecule has 0 radical (unpaired) electrons. The van der Waals surface area contributed by atoms with Crippen LogP contribution in [0.2, 0.25) is 0 Å². The van der Waals surface area contributed by atoms with Crippen molar-refractivity contribution in [2.24, 2.45) is 11.8 Å². The second-order valence-corrected chi connectivity index (χ2v) is 4.89. The van der Waals surface area contributed by atoms with Gasteiger partial charge in [-0.25, -0.2) is 9.18 Å². The number of carbonyl (C=O) groups excluding carboxylic acids is 1. The highest BCUT2D eigenvalue weighted by Crippen LogP contribution is 2.17. The SMILES string of the molecule is CC(C)C(CNC(=O)N(C)c1ccccc1F)C(=O)O. The summed E-state index contributed by atoms with van der Waals surface area (Å²) in [6, 6.07) is 5.35. The molecular formula is C14H19FN2O3. The summed E-state index contributed by atoms with van der Waals surface area (Å²) in [6.45, 7) is 3.54. The Morgan fingerprint density at radius 1 is 1.35 bits per heavy atom. The molecule has 1 aromatic rings. The lowest BCUT2D eigenvalue weighted by Gasteiger charge is -2.21. The third kappa shape index (κ3) is 3.94. The van der Waals surface area contributed by atoms with Gasteiger partial charge in [-0.2, -0.15) is 0 Å². The first-order valence-electron chi connectivity index (χ1n) is 6.33. The highest BCUT2D eigenvalue weighted by Gasteiger charge is 2.23. The van der Waals surface area contributed by atoms with Crippen molar-refractivity contribution in [3.05, 3.63) is 30.1 Å². The van der Waals surface area contributed by atoms with Gasteiger partial charge in [0, 0.05) is 13.6 Å². The highest BCUT2D eigenvalue weighted by molar-refractivity contribution is 5.91. The first-order chi connectivity index (χ1) is 9.34. The second kappa shape index (κ2) is 6.88. The van der Waals surface area contributed by atoms with E-state index >= 15 is 0 Å². The van der Waals surface area contributed by atoms with E-state index in [9.17, 15) is 14.0 Å². The Bertz CT molecular complexity index is 491. The number of amides is 2. The molecule has 1 atom stereocenters. The molecule has 0 aliphatic rings. The fourth-order valence-electron chi connectivity index (χ4n) is 1.76. The van der Waals surface area contributed by atoms with Gasteiger partial charge >= 0.3 is 12.0 Å². The van der Waals surface area contributed by atoms with Crippen LogP contribution in [0.15, 0.2) is 24.3 Å². The van der Waals surface area contributed by atoms with Crippen LogP contribution in [0.1, 0.15) is 13.8 Å².